The van der Waals surface area contributed by atoms with Crippen LogP contribution in [-0.2, 0) is 16.1 Å². The smallest absolute Gasteiger partial charge is 0.325 e. The van der Waals surface area contributed by atoms with Gasteiger partial charge >= 0.3 is 12.0 Å². The Hall–Kier alpha value is -3.40. The van der Waals surface area contributed by atoms with E-state index in [-0.39, 0.29) is 42.6 Å². The zero-order valence-electron chi connectivity index (χ0n) is 19.3. The van der Waals surface area contributed by atoms with Crippen LogP contribution < -0.4 is 15.0 Å². The summed E-state index contributed by atoms with van der Waals surface area (Å²) in [4.78, 5) is 41.1. The van der Waals surface area contributed by atoms with E-state index in [0.29, 0.717) is 5.69 Å². The second-order valence-electron chi connectivity index (χ2n) is 7.83. The first-order valence-electron chi connectivity index (χ1n) is 11.0. The van der Waals surface area contributed by atoms with Gasteiger partial charge in [-0.25, -0.2) is 13.6 Å². The molecule has 0 spiro atoms. The van der Waals surface area contributed by atoms with E-state index in [0.717, 1.165) is 5.56 Å². The van der Waals surface area contributed by atoms with Crippen molar-refractivity contribution >= 4 is 35.2 Å². The third-order valence-electron chi connectivity index (χ3n) is 5.34. The van der Waals surface area contributed by atoms with Gasteiger partial charge in [0.15, 0.2) is 0 Å². The van der Waals surface area contributed by atoms with E-state index in [4.69, 9.17) is 21.1 Å². The van der Waals surface area contributed by atoms with Crippen LogP contribution in [0, 0.1) is 0 Å². The molecule has 1 atom stereocenters. The highest BCUT2D eigenvalue weighted by molar-refractivity contribution is 6.34. The van der Waals surface area contributed by atoms with Gasteiger partial charge < -0.3 is 24.6 Å². The molecule has 0 saturated heterocycles. The molecule has 8 nitrogen and oxygen atoms in total. The van der Waals surface area contributed by atoms with Crippen LogP contribution >= 0.6 is 11.6 Å². The quantitative estimate of drug-likeness (QED) is 0.568. The van der Waals surface area contributed by atoms with E-state index in [1.54, 1.807) is 32.0 Å². The molecule has 188 valence electrons. The molecule has 0 aromatic heterocycles. The molecule has 0 fully saturated rings. The number of carbonyl (C=O) groups excluding carboxylic acids is 3. The predicted molar refractivity (Wildman–Crippen MR) is 126 cm³/mol. The van der Waals surface area contributed by atoms with Gasteiger partial charge in [0, 0.05) is 24.8 Å². The second-order valence-corrected chi connectivity index (χ2v) is 8.24. The molecule has 3 rings (SSSR count). The van der Waals surface area contributed by atoms with E-state index in [2.05, 4.69) is 5.32 Å². The van der Waals surface area contributed by atoms with Crippen molar-refractivity contribution in [3.05, 3.63) is 58.6 Å². The van der Waals surface area contributed by atoms with Crippen molar-refractivity contribution in [2.45, 2.75) is 32.9 Å². The number of rotatable bonds is 7. The van der Waals surface area contributed by atoms with Gasteiger partial charge in [-0.05, 0) is 43.7 Å². The number of halogens is 3. The summed E-state index contributed by atoms with van der Waals surface area (Å²) >= 11 is 6.31. The van der Waals surface area contributed by atoms with Crippen LogP contribution in [0.5, 0.6) is 5.75 Å². The zero-order valence-corrected chi connectivity index (χ0v) is 20.1. The molecule has 0 radical (unpaired) electrons. The van der Waals surface area contributed by atoms with Gasteiger partial charge in [-0.3, -0.25) is 9.59 Å². The standard InChI is InChI=1S/C24H26ClF2N3O5/c1-3-34-22(31)11-28-24(33)29-13-16-6-4-5-7-20(16)30(12-15(29)2)23(32)18-9-8-17(10-19(18)25)35-14-21(26)27/h4-10,15,21H,3,11-14H2,1-2H3,(H,28,33)/t15-/m1/s1. The molecule has 1 aliphatic rings. The Morgan fingerprint density at radius 2 is 1.94 bits per heavy atom. The van der Waals surface area contributed by atoms with Crippen LogP contribution in [0.1, 0.15) is 29.8 Å². The predicted octanol–water partition coefficient (Wildman–Crippen LogP) is 4.11. The Morgan fingerprint density at radius 3 is 2.63 bits per heavy atom. The number of hydrogen-bond acceptors (Lipinski definition) is 5. The normalized spacial score (nSPS) is 15.3. The number of benzene rings is 2. The van der Waals surface area contributed by atoms with Gasteiger partial charge in [-0.1, -0.05) is 29.8 Å². The molecule has 1 aliphatic heterocycles. The van der Waals surface area contributed by atoms with E-state index >= 15 is 0 Å². The van der Waals surface area contributed by atoms with E-state index in [1.807, 2.05) is 6.07 Å². The van der Waals surface area contributed by atoms with Gasteiger partial charge in [0.05, 0.1) is 17.2 Å². The highest BCUT2D eigenvalue weighted by Gasteiger charge is 2.32. The maximum Gasteiger partial charge on any atom is 0.325 e. The fourth-order valence-electron chi connectivity index (χ4n) is 3.70. The minimum Gasteiger partial charge on any atom is -0.488 e. The van der Waals surface area contributed by atoms with Gasteiger partial charge in [0.2, 0.25) is 0 Å². The van der Waals surface area contributed by atoms with Crippen LogP contribution in [0.2, 0.25) is 5.02 Å². The summed E-state index contributed by atoms with van der Waals surface area (Å²) in [6.07, 6.45) is -2.64. The van der Waals surface area contributed by atoms with Crippen molar-refractivity contribution in [3.8, 4) is 5.75 Å². The third kappa shape index (κ3) is 6.60. The first-order chi connectivity index (χ1) is 16.7. The van der Waals surface area contributed by atoms with Crippen molar-refractivity contribution in [1.29, 1.82) is 0 Å². The van der Waals surface area contributed by atoms with Crippen molar-refractivity contribution in [2.75, 3.05) is 31.2 Å². The molecule has 0 saturated carbocycles. The summed E-state index contributed by atoms with van der Waals surface area (Å²) in [7, 11) is 0. The lowest BCUT2D eigenvalue weighted by atomic mass is 10.1. The maximum atomic E-state index is 13.5. The number of urea groups is 1. The first-order valence-corrected chi connectivity index (χ1v) is 11.4. The first kappa shape index (κ1) is 26.2. The van der Waals surface area contributed by atoms with Gasteiger partial charge in [0.25, 0.3) is 12.3 Å². The van der Waals surface area contributed by atoms with Crippen molar-refractivity contribution < 1.29 is 32.6 Å². The molecule has 2 aromatic carbocycles. The van der Waals surface area contributed by atoms with Crippen molar-refractivity contribution in [1.82, 2.24) is 10.2 Å². The SMILES string of the molecule is CCOC(=O)CNC(=O)N1Cc2ccccc2N(C(=O)c2ccc(OCC(F)F)cc2Cl)C[C@H]1C. The largest absolute Gasteiger partial charge is 0.488 e. The van der Waals surface area contributed by atoms with E-state index in [1.165, 1.54) is 28.0 Å². The Morgan fingerprint density at radius 1 is 1.20 bits per heavy atom. The summed E-state index contributed by atoms with van der Waals surface area (Å²) in [6, 6.07) is 10.4. The molecule has 1 heterocycles. The summed E-state index contributed by atoms with van der Waals surface area (Å²) < 4.78 is 34.7. The molecule has 3 amide bonds. The molecule has 0 aliphatic carbocycles. The molecule has 0 bridgehead atoms. The van der Waals surface area contributed by atoms with Crippen molar-refractivity contribution in [2.24, 2.45) is 0 Å². The monoisotopic (exact) mass is 509 g/mol. The van der Waals surface area contributed by atoms with Gasteiger partial charge in [0.1, 0.15) is 18.9 Å². The fourth-order valence-corrected chi connectivity index (χ4v) is 3.95. The second kappa shape index (κ2) is 11.8. The third-order valence-corrected chi connectivity index (χ3v) is 5.66. The number of nitrogens with zero attached hydrogens (tertiary/aromatic N) is 2. The number of anilines is 1. The van der Waals surface area contributed by atoms with Crippen LogP contribution in [0.4, 0.5) is 19.3 Å². The Labute approximate surface area is 206 Å². The number of fused-ring (bicyclic) bond motifs is 1. The highest BCUT2D eigenvalue weighted by Crippen LogP contribution is 2.31. The van der Waals surface area contributed by atoms with E-state index in [9.17, 15) is 23.2 Å². The summed E-state index contributed by atoms with van der Waals surface area (Å²) in [6.45, 7) is 2.99. The minimum absolute atomic E-state index is 0.0557. The number of esters is 1. The number of amides is 3. The molecule has 1 N–H and O–H groups in total. The Bertz CT molecular complexity index is 1080. The molecule has 2 aromatic rings. The Kier molecular flexibility index (Phi) is 8.86. The maximum absolute atomic E-state index is 13.5. The number of ether oxygens (including phenoxy) is 2. The van der Waals surface area contributed by atoms with Crippen LogP contribution in [-0.4, -0.2) is 61.6 Å². The lowest BCUT2D eigenvalue weighted by Gasteiger charge is -2.29. The fraction of sp³-hybridized carbons (Fsp3) is 0.375. The summed E-state index contributed by atoms with van der Waals surface area (Å²) in [5.41, 5.74) is 1.50. The average Bonchev–Trinajstić information content (AvgIpc) is 2.97. The molecule has 0 unspecified atom stereocenters. The minimum atomic E-state index is -2.64. The molecule has 35 heavy (non-hydrogen) atoms. The van der Waals surface area contributed by atoms with Crippen LogP contribution in [0.15, 0.2) is 42.5 Å². The zero-order chi connectivity index (χ0) is 25.5. The number of alkyl halides is 2. The Balaban J connectivity index is 1.83. The molecular weight excluding hydrogens is 484 g/mol. The van der Waals surface area contributed by atoms with Crippen molar-refractivity contribution in [3.63, 3.8) is 0 Å². The molecular formula is C24H26ClF2N3O5. The number of nitrogens with one attached hydrogen (secondary N) is 1. The van der Waals surface area contributed by atoms with Crippen LogP contribution in [0.25, 0.3) is 0 Å². The number of para-hydroxylation sites is 1. The lowest BCUT2D eigenvalue weighted by molar-refractivity contribution is -0.141. The highest BCUT2D eigenvalue weighted by atomic mass is 35.5. The van der Waals surface area contributed by atoms with E-state index < -0.39 is 37.0 Å². The lowest BCUT2D eigenvalue weighted by Crippen LogP contribution is -2.49. The topological polar surface area (TPSA) is 88.2 Å². The van der Waals surface area contributed by atoms with Gasteiger partial charge in [-0.2, -0.15) is 0 Å². The summed E-state index contributed by atoms with van der Waals surface area (Å²) in [5.74, 6) is -0.833. The number of carbonyl (C=O) groups is 3. The van der Waals surface area contributed by atoms with Gasteiger partial charge in [-0.15, -0.1) is 0 Å². The number of hydrogen-bond donors (Lipinski definition) is 1. The summed E-state index contributed by atoms with van der Waals surface area (Å²) in [5, 5.41) is 2.61. The average molecular weight is 510 g/mol. The van der Waals surface area contributed by atoms with Crippen LogP contribution in [0.3, 0.4) is 0 Å². The molecule has 11 heteroatoms.